The van der Waals surface area contributed by atoms with Crippen LogP contribution in [0.2, 0.25) is 5.02 Å². The highest BCUT2D eigenvalue weighted by Gasteiger charge is 2.32. The minimum atomic E-state index is -0.259. The van der Waals surface area contributed by atoms with E-state index in [-0.39, 0.29) is 17.1 Å². The van der Waals surface area contributed by atoms with Gasteiger partial charge in [-0.05, 0) is 12.1 Å². The van der Waals surface area contributed by atoms with E-state index < -0.39 is 0 Å². The molecule has 8 heteroatoms. The monoisotopic (exact) mass is 398 g/mol. The third kappa shape index (κ3) is 4.64. The molecule has 0 bridgehead atoms. The molecular formula is C18H25ClN3O3S+. The lowest BCUT2D eigenvalue weighted by Gasteiger charge is -2.36. The summed E-state index contributed by atoms with van der Waals surface area (Å²) < 4.78 is 4.81. The normalized spacial score (nSPS) is 21.5. The number of hydrogen-bond acceptors (Lipinski definition) is 5. The molecule has 1 atom stereocenters. The van der Waals surface area contributed by atoms with Crippen LogP contribution in [0.5, 0.6) is 0 Å². The first-order valence-electron chi connectivity index (χ1n) is 8.88. The van der Waals surface area contributed by atoms with Crippen molar-refractivity contribution in [2.75, 3.05) is 63.6 Å². The van der Waals surface area contributed by atoms with E-state index in [2.05, 4.69) is 4.90 Å². The number of ether oxygens (including phenoxy) is 1. The second kappa shape index (κ2) is 8.97. The van der Waals surface area contributed by atoms with Gasteiger partial charge in [0.05, 0.1) is 44.0 Å². The molecule has 1 N–H and O–H groups in total. The average Bonchev–Trinajstić information content (AvgIpc) is 2.68. The van der Waals surface area contributed by atoms with Crippen LogP contribution in [0.25, 0.3) is 0 Å². The zero-order valence-electron chi connectivity index (χ0n) is 14.9. The van der Waals surface area contributed by atoms with Crippen molar-refractivity contribution in [3.63, 3.8) is 0 Å². The second-order valence-electron chi connectivity index (χ2n) is 6.59. The minimum absolute atomic E-state index is 0.125. The van der Waals surface area contributed by atoms with E-state index >= 15 is 0 Å². The van der Waals surface area contributed by atoms with Gasteiger partial charge in [-0.3, -0.25) is 9.59 Å². The van der Waals surface area contributed by atoms with Crippen LogP contribution in [0.15, 0.2) is 24.3 Å². The number of benzene rings is 1. The van der Waals surface area contributed by atoms with E-state index in [0.717, 1.165) is 42.6 Å². The smallest absolute Gasteiger partial charge is 0.320 e. The van der Waals surface area contributed by atoms with Crippen LogP contribution in [0.1, 0.15) is 0 Å². The highest BCUT2D eigenvalue weighted by molar-refractivity contribution is 8.00. The predicted octanol–water partition coefficient (Wildman–Crippen LogP) is 0.162. The Morgan fingerprint density at radius 3 is 2.69 bits per heavy atom. The van der Waals surface area contributed by atoms with Gasteiger partial charge in [0, 0.05) is 18.8 Å². The Balaban J connectivity index is 1.49. The van der Waals surface area contributed by atoms with Crippen molar-refractivity contribution in [2.45, 2.75) is 5.25 Å². The van der Waals surface area contributed by atoms with E-state index in [1.165, 1.54) is 12.0 Å². The Labute approximate surface area is 163 Å². The van der Waals surface area contributed by atoms with Gasteiger partial charge in [0.15, 0.2) is 6.54 Å². The highest BCUT2D eigenvalue weighted by Crippen LogP contribution is 2.24. The number of quaternary nitrogens is 1. The van der Waals surface area contributed by atoms with Crippen LogP contribution < -0.4 is 9.80 Å². The van der Waals surface area contributed by atoms with Gasteiger partial charge in [-0.2, -0.15) is 0 Å². The predicted molar refractivity (Wildman–Crippen MR) is 104 cm³/mol. The molecule has 1 aromatic rings. The van der Waals surface area contributed by atoms with Crippen LogP contribution in [0.3, 0.4) is 0 Å². The molecule has 1 amide bonds. The average molecular weight is 399 g/mol. The van der Waals surface area contributed by atoms with E-state index in [0.29, 0.717) is 19.6 Å². The number of nitrogens with one attached hydrogen (secondary N) is 1. The first-order chi connectivity index (χ1) is 12.6. The maximum atomic E-state index is 12.6. The van der Waals surface area contributed by atoms with E-state index in [1.54, 1.807) is 11.8 Å². The number of piperazine rings is 1. The summed E-state index contributed by atoms with van der Waals surface area (Å²) in [5.41, 5.74) is 1.06. The molecule has 0 aromatic heterocycles. The van der Waals surface area contributed by atoms with Crippen LogP contribution >= 0.6 is 23.4 Å². The largest absolute Gasteiger partial charge is 0.468 e. The van der Waals surface area contributed by atoms with Crippen LogP contribution in [0, 0.1) is 0 Å². The topological polar surface area (TPSA) is 54.3 Å². The molecule has 2 aliphatic heterocycles. The van der Waals surface area contributed by atoms with Gasteiger partial charge < -0.3 is 19.4 Å². The number of methoxy groups -OCH3 is 1. The van der Waals surface area contributed by atoms with E-state index in [9.17, 15) is 9.59 Å². The molecule has 2 aliphatic rings. The first-order valence-corrected chi connectivity index (χ1v) is 10.3. The molecule has 26 heavy (non-hydrogen) atoms. The standard InChI is InChI=1S/C18H24ClN3O3S/c1-25-18(24)16-12-22(10-11-26-16)17(23)13-20-6-8-21(9-7-20)15-5-3-2-4-14(15)19/h2-5,16H,6-13H2,1H3/p+1/t16-/m1/s1. The Bertz CT molecular complexity index is 652. The fourth-order valence-corrected chi connectivity index (χ4v) is 4.81. The SMILES string of the molecule is COC(=O)[C@H]1CN(C(=O)C[NH+]2CCN(c3ccccc3Cl)CC2)CCS1. The summed E-state index contributed by atoms with van der Waals surface area (Å²) in [5.74, 6) is 0.662. The molecule has 0 unspecified atom stereocenters. The number of anilines is 1. The number of esters is 1. The van der Waals surface area contributed by atoms with Gasteiger partial charge in [-0.15, -0.1) is 11.8 Å². The number of carbonyl (C=O) groups excluding carboxylic acids is 2. The van der Waals surface area contributed by atoms with Crippen LogP contribution in [0.4, 0.5) is 5.69 Å². The molecule has 0 radical (unpaired) electrons. The molecule has 142 valence electrons. The Morgan fingerprint density at radius 1 is 1.27 bits per heavy atom. The summed E-state index contributed by atoms with van der Waals surface area (Å²) in [6.07, 6.45) is 0. The van der Waals surface area contributed by atoms with Gasteiger partial charge in [-0.25, -0.2) is 0 Å². The minimum Gasteiger partial charge on any atom is -0.468 e. The molecule has 3 rings (SSSR count). The van der Waals surface area contributed by atoms with E-state index in [1.807, 2.05) is 29.2 Å². The zero-order chi connectivity index (χ0) is 18.5. The van der Waals surface area contributed by atoms with Crippen molar-refractivity contribution in [1.29, 1.82) is 0 Å². The number of para-hydroxylation sites is 1. The molecule has 6 nitrogen and oxygen atoms in total. The first kappa shape index (κ1) is 19.3. The number of thioether (sulfide) groups is 1. The molecule has 0 spiro atoms. The molecule has 2 heterocycles. The van der Waals surface area contributed by atoms with Gasteiger partial charge in [0.1, 0.15) is 5.25 Å². The molecule has 0 saturated carbocycles. The summed E-state index contributed by atoms with van der Waals surface area (Å²) in [6, 6.07) is 7.88. The molecule has 0 aliphatic carbocycles. The summed E-state index contributed by atoms with van der Waals surface area (Å²) in [4.78, 5) is 29.7. The van der Waals surface area contributed by atoms with Crippen molar-refractivity contribution >= 4 is 40.9 Å². The van der Waals surface area contributed by atoms with Crippen LogP contribution in [-0.4, -0.2) is 80.7 Å². The van der Waals surface area contributed by atoms with Crippen molar-refractivity contribution in [2.24, 2.45) is 0 Å². The number of rotatable bonds is 4. The third-order valence-corrected chi connectivity index (χ3v) is 6.43. The van der Waals surface area contributed by atoms with Crippen molar-refractivity contribution in [3.05, 3.63) is 29.3 Å². The molecular weight excluding hydrogens is 374 g/mol. The fourth-order valence-electron chi connectivity index (χ4n) is 3.42. The van der Waals surface area contributed by atoms with Gasteiger partial charge in [0.25, 0.3) is 5.91 Å². The summed E-state index contributed by atoms with van der Waals surface area (Å²) in [5, 5.41) is 0.511. The lowest BCUT2D eigenvalue weighted by molar-refractivity contribution is -0.892. The summed E-state index contributed by atoms with van der Waals surface area (Å²) in [6.45, 7) is 5.21. The third-order valence-electron chi connectivity index (χ3n) is 4.95. The number of hydrogen-bond donors (Lipinski definition) is 1. The van der Waals surface area contributed by atoms with Crippen LogP contribution in [-0.2, 0) is 14.3 Å². The number of amides is 1. The maximum absolute atomic E-state index is 12.6. The highest BCUT2D eigenvalue weighted by atomic mass is 35.5. The Hall–Kier alpha value is -1.44. The van der Waals surface area contributed by atoms with Crippen molar-refractivity contribution in [1.82, 2.24) is 4.90 Å². The number of halogens is 1. The maximum Gasteiger partial charge on any atom is 0.320 e. The van der Waals surface area contributed by atoms with Gasteiger partial charge in [-0.1, -0.05) is 23.7 Å². The van der Waals surface area contributed by atoms with Gasteiger partial charge in [0.2, 0.25) is 0 Å². The number of nitrogens with zero attached hydrogens (tertiary/aromatic N) is 2. The Kier molecular flexibility index (Phi) is 6.67. The second-order valence-corrected chi connectivity index (χ2v) is 8.31. The number of carbonyl (C=O) groups is 2. The zero-order valence-corrected chi connectivity index (χ0v) is 16.5. The van der Waals surface area contributed by atoms with Crippen molar-refractivity contribution in [3.8, 4) is 0 Å². The molecule has 2 saturated heterocycles. The lowest BCUT2D eigenvalue weighted by Crippen LogP contribution is -3.16. The quantitative estimate of drug-likeness (QED) is 0.732. The summed E-state index contributed by atoms with van der Waals surface area (Å²) in [7, 11) is 1.40. The Morgan fingerprint density at radius 2 is 2.00 bits per heavy atom. The van der Waals surface area contributed by atoms with E-state index in [4.69, 9.17) is 16.3 Å². The molecule has 2 fully saturated rings. The summed E-state index contributed by atoms with van der Waals surface area (Å²) >= 11 is 7.85. The van der Waals surface area contributed by atoms with Gasteiger partial charge >= 0.3 is 5.97 Å². The van der Waals surface area contributed by atoms with Crippen molar-refractivity contribution < 1.29 is 19.2 Å². The molecule has 1 aromatic carbocycles. The lowest BCUT2D eigenvalue weighted by atomic mass is 10.2. The fraction of sp³-hybridized carbons (Fsp3) is 0.556.